The van der Waals surface area contributed by atoms with Crippen LogP contribution in [0.4, 0.5) is 0 Å². The van der Waals surface area contributed by atoms with Crippen molar-refractivity contribution in [2.75, 3.05) is 0 Å². The molecular weight excluding hydrogens is 402 g/mol. The molecule has 0 unspecified atom stereocenters. The maximum absolute atomic E-state index is 5.38. The Bertz CT molecular complexity index is 1200. The van der Waals surface area contributed by atoms with E-state index in [-0.39, 0.29) is 0 Å². The predicted octanol–water partition coefficient (Wildman–Crippen LogP) is 5.34. The number of nitrogens with zero attached hydrogens (tertiary/aromatic N) is 5. The zero-order valence-corrected chi connectivity index (χ0v) is 16.8. The van der Waals surface area contributed by atoms with Crippen LogP contribution in [0.2, 0.25) is 0 Å². The molecule has 5 aromatic rings. The van der Waals surface area contributed by atoms with Gasteiger partial charge in [-0.2, -0.15) is 4.98 Å². The summed E-state index contributed by atoms with van der Waals surface area (Å²) in [7, 11) is 0. The third kappa shape index (κ3) is 3.72. The lowest BCUT2D eigenvalue weighted by molar-refractivity contribution is 0.426. The lowest BCUT2D eigenvalue weighted by Crippen LogP contribution is -1.99. The molecule has 0 aliphatic carbocycles. The molecular formula is C21H15N5OS2. The average molecular weight is 418 g/mol. The standard InChI is InChI=1S/C21H15N5OS2/c1-3-8-15(9-4-1)19-23-24-21(26(19)16-10-5-2-6-11-16)29-14-18-22-20(27-25-18)17-12-7-13-28-17/h1-13H,14H2. The van der Waals surface area contributed by atoms with Gasteiger partial charge in [-0.25, -0.2) is 0 Å². The number of thioether (sulfide) groups is 1. The van der Waals surface area contributed by atoms with Gasteiger partial charge in [0.2, 0.25) is 0 Å². The maximum Gasteiger partial charge on any atom is 0.268 e. The highest BCUT2D eigenvalue weighted by Gasteiger charge is 2.17. The number of hydrogen-bond donors (Lipinski definition) is 0. The predicted molar refractivity (Wildman–Crippen MR) is 114 cm³/mol. The zero-order valence-electron chi connectivity index (χ0n) is 15.2. The summed E-state index contributed by atoms with van der Waals surface area (Å²) < 4.78 is 7.44. The first kappa shape index (κ1) is 17.8. The molecule has 6 nitrogen and oxygen atoms in total. The van der Waals surface area contributed by atoms with Gasteiger partial charge < -0.3 is 4.52 Å². The molecule has 0 fully saturated rings. The van der Waals surface area contributed by atoms with E-state index in [1.807, 2.05) is 78.2 Å². The summed E-state index contributed by atoms with van der Waals surface area (Å²) in [5, 5.41) is 15.7. The van der Waals surface area contributed by atoms with Gasteiger partial charge in [0.1, 0.15) is 0 Å². The third-order valence-electron chi connectivity index (χ3n) is 4.21. The first-order valence-corrected chi connectivity index (χ1v) is 10.8. The van der Waals surface area contributed by atoms with Gasteiger partial charge in [0.25, 0.3) is 5.89 Å². The van der Waals surface area contributed by atoms with Crippen molar-refractivity contribution in [1.29, 1.82) is 0 Å². The molecule has 8 heteroatoms. The minimum absolute atomic E-state index is 0.536. The fraction of sp³-hybridized carbons (Fsp3) is 0.0476. The topological polar surface area (TPSA) is 69.6 Å². The number of thiophene rings is 1. The van der Waals surface area contributed by atoms with Crippen LogP contribution in [0.15, 0.2) is 87.9 Å². The monoisotopic (exact) mass is 417 g/mol. The van der Waals surface area contributed by atoms with Crippen molar-refractivity contribution in [3.8, 4) is 27.8 Å². The van der Waals surface area contributed by atoms with E-state index in [1.54, 1.807) is 11.3 Å². The van der Waals surface area contributed by atoms with Crippen molar-refractivity contribution in [1.82, 2.24) is 24.9 Å². The summed E-state index contributed by atoms with van der Waals surface area (Å²) in [5.74, 6) is 2.51. The van der Waals surface area contributed by atoms with E-state index in [9.17, 15) is 0 Å². The van der Waals surface area contributed by atoms with Crippen molar-refractivity contribution in [2.45, 2.75) is 10.9 Å². The number of para-hydroxylation sites is 1. The van der Waals surface area contributed by atoms with Crippen LogP contribution >= 0.6 is 23.1 Å². The van der Waals surface area contributed by atoms with Gasteiger partial charge in [-0.1, -0.05) is 71.5 Å². The Morgan fingerprint density at radius 3 is 2.45 bits per heavy atom. The summed E-state index contributed by atoms with van der Waals surface area (Å²) in [4.78, 5) is 5.45. The number of rotatable bonds is 6. The van der Waals surface area contributed by atoms with Crippen molar-refractivity contribution in [2.24, 2.45) is 0 Å². The Morgan fingerprint density at radius 1 is 0.897 bits per heavy atom. The van der Waals surface area contributed by atoms with Crippen molar-refractivity contribution >= 4 is 23.1 Å². The van der Waals surface area contributed by atoms with Crippen LogP contribution in [0.25, 0.3) is 27.8 Å². The minimum atomic E-state index is 0.536. The van der Waals surface area contributed by atoms with Crippen LogP contribution in [-0.4, -0.2) is 24.9 Å². The van der Waals surface area contributed by atoms with E-state index in [0.29, 0.717) is 17.5 Å². The molecule has 0 aliphatic heterocycles. The fourth-order valence-corrected chi connectivity index (χ4v) is 4.33. The number of aromatic nitrogens is 5. The molecule has 0 spiro atoms. The first-order valence-electron chi connectivity index (χ1n) is 8.94. The van der Waals surface area contributed by atoms with E-state index in [2.05, 4.69) is 24.9 Å². The molecule has 0 bridgehead atoms. The summed E-state index contributed by atoms with van der Waals surface area (Å²) in [6.07, 6.45) is 0. The summed E-state index contributed by atoms with van der Waals surface area (Å²) in [5.41, 5.74) is 2.02. The molecule has 29 heavy (non-hydrogen) atoms. The lowest BCUT2D eigenvalue weighted by atomic mass is 10.2. The number of benzene rings is 2. The smallest absolute Gasteiger partial charge is 0.268 e. The van der Waals surface area contributed by atoms with E-state index in [0.717, 1.165) is 27.1 Å². The van der Waals surface area contributed by atoms with E-state index >= 15 is 0 Å². The Kier molecular flexibility index (Phi) is 4.93. The fourth-order valence-electron chi connectivity index (χ4n) is 2.89. The highest BCUT2D eigenvalue weighted by atomic mass is 32.2. The molecule has 2 aromatic carbocycles. The van der Waals surface area contributed by atoms with Gasteiger partial charge >= 0.3 is 0 Å². The van der Waals surface area contributed by atoms with Crippen LogP contribution < -0.4 is 0 Å². The highest BCUT2D eigenvalue weighted by Crippen LogP contribution is 2.30. The maximum atomic E-state index is 5.38. The second kappa shape index (κ2) is 8.02. The van der Waals surface area contributed by atoms with Gasteiger partial charge in [-0.3, -0.25) is 4.57 Å². The Labute approximate surface area is 175 Å². The average Bonchev–Trinajstić information content (AvgIpc) is 3.54. The Morgan fingerprint density at radius 2 is 1.69 bits per heavy atom. The number of hydrogen-bond acceptors (Lipinski definition) is 7. The third-order valence-corrected chi connectivity index (χ3v) is 5.99. The van der Waals surface area contributed by atoms with E-state index < -0.39 is 0 Å². The van der Waals surface area contributed by atoms with Gasteiger partial charge in [0, 0.05) is 11.3 Å². The van der Waals surface area contributed by atoms with Gasteiger partial charge in [0.05, 0.1) is 10.6 Å². The summed E-state index contributed by atoms with van der Waals surface area (Å²) in [6, 6.07) is 24.1. The normalized spacial score (nSPS) is 11.0. The molecule has 3 heterocycles. The summed E-state index contributed by atoms with van der Waals surface area (Å²) >= 11 is 3.10. The molecule has 0 saturated heterocycles. The van der Waals surface area contributed by atoms with Gasteiger partial charge in [-0.15, -0.1) is 21.5 Å². The van der Waals surface area contributed by atoms with Crippen LogP contribution in [0.1, 0.15) is 5.82 Å². The highest BCUT2D eigenvalue weighted by molar-refractivity contribution is 7.98. The zero-order chi connectivity index (χ0) is 19.5. The molecule has 0 N–H and O–H groups in total. The van der Waals surface area contributed by atoms with Crippen molar-refractivity contribution in [3.63, 3.8) is 0 Å². The molecule has 0 amide bonds. The molecule has 0 aliphatic rings. The molecule has 0 atom stereocenters. The largest absolute Gasteiger partial charge is 0.333 e. The molecule has 0 radical (unpaired) electrons. The van der Waals surface area contributed by atoms with Gasteiger partial charge in [-0.05, 0) is 23.6 Å². The second-order valence-electron chi connectivity index (χ2n) is 6.12. The molecule has 3 aromatic heterocycles. The van der Waals surface area contributed by atoms with Crippen LogP contribution in [-0.2, 0) is 5.75 Å². The molecule has 142 valence electrons. The second-order valence-corrected chi connectivity index (χ2v) is 8.02. The summed E-state index contributed by atoms with van der Waals surface area (Å²) in [6.45, 7) is 0. The van der Waals surface area contributed by atoms with Crippen LogP contribution in [0, 0.1) is 0 Å². The quantitative estimate of drug-likeness (QED) is 0.347. The van der Waals surface area contributed by atoms with E-state index in [1.165, 1.54) is 11.8 Å². The van der Waals surface area contributed by atoms with Crippen molar-refractivity contribution < 1.29 is 4.52 Å². The first-order chi connectivity index (χ1) is 14.4. The minimum Gasteiger partial charge on any atom is -0.333 e. The van der Waals surface area contributed by atoms with Crippen molar-refractivity contribution in [3.05, 3.63) is 84.0 Å². The van der Waals surface area contributed by atoms with E-state index in [4.69, 9.17) is 4.52 Å². The lowest BCUT2D eigenvalue weighted by Gasteiger charge is -2.09. The Hall–Kier alpha value is -3.23. The van der Waals surface area contributed by atoms with Gasteiger partial charge in [0.15, 0.2) is 16.8 Å². The molecule has 0 saturated carbocycles. The Balaban J connectivity index is 1.45. The molecule has 5 rings (SSSR count). The SMILES string of the molecule is c1ccc(-c2nnc(SCc3noc(-c4cccs4)n3)n2-c2ccccc2)cc1. The van der Waals surface area contributed by atoms with Crippen LogP contribution in [0.3, 0.4) is 0 Å². The van der Waals surface area contributed by atoms with Crippen LogP contribution in [0.5, 0.6) is 0 Å².